The van der Waals surface area contributed by atoms with Crippen LogP contribution in [0.4, 0.5) is 0 Å². The van der Waals surface area contributed by atoms with Crippen molar-refractivity contribution in [3.8, 4) is 11.5 Å². The molecular formula is C18H31IN4O3. The van der Waals surface area contributed by atoms with E-state index in [1.54, 1.807) is 28.4 Å². The molecule has 0 aliphatic carbocycles. The third kappa shape index (κ3) is 7.16. The molecule has 0 amide bonds. The van der Waals surface area contributed by atoms with Gasteiger partial charge in [-0.2, -0.15) is 0 Å². The standard InChI is InChI=1S/C18H30N4O3.HI/c1-19-18(20-6-8-23-2)21-15-5-7-22(13-15)12-14-9-16(24-3)11-17(10-14)25-4;/h9-11,15H,5-8,12-13H2,1-4H3,(H2,19,20,21);1H. The van der Waals surface area contributed by atoms with Crippen molar-refractivity contribution in [2.75, 3.05) is 54.6 Å². The minimum Gasteiger partial charge on any atom is -0.497 e. The van der Waals surface area contributed by atoms with Crippen LogP contribution in [0.5, 0.6) is 11.5 Å². The Morgan fingerprint density at radius 1 is 1.19 bits per heavy atom. The van der Waals surface area contributed by atoms with E-state index in [1.165, 1.54) is 5.56 Å². The second kappa shape index (κ2) is 12.2. The Morgan fingerprint density at radius 2 is 1.88 bits per heavy atom. The summed E-state index contributed by atoms with van der Waals surface area (Å²) in [6, 6.07) is 6.41. The van der Waals surface area contributed by atoms with Crippen LogP contribution in [-0.2, 0) is 11.3 Å². The van der Waals surface area contributed by atoms with E-state index in [0.29, 0.717) is 12.6 Å². The predicted octanol–water partition coefficient (Wildman–Crippen LogP) is 1.71. The van der Waals surface area contributed by atoms with E-state index in [2.05, 4.69) is 32.7 Å². The van der Waals surface area contributed by atoms with Crippen molar-refractivity contribution in [1.82, 2.24) is 15.5 Å². The van der Waals surface area contributed by atoms with Crippen molar-refractivity contribution in [2.45, 2.75) is 19.0 Å². The minimum absolute atomic E-state index is 0. The fraction of sp³-hybridized carbons (Fsp3) is 0.611. The van der Waals surface area contributed by atoms with E-state index in [0.717, 1.165) is 50.1 Å². The van der Waals surface area contributed by atoms with Crippen LogP contribution in [0, 0.1) is 0 Å². The van der Waals surface area contributed by atoms with Crippen LogP contribution in [0.15, 0.2) is 23.2 Å². The summed E-state index contributed by atoms with van der Waals surface area (Å²) < 4.78 is 15.8. The van der Waals surface area contributed by atoms with Gasteiger partial charge in [0.1, 0.15) is 11.5 Å². The first kappa shape index (κ1) is 22.8. The second-order valence-electron chi connectivity index (χ2n) is 6.08. The molecular weight excluding hydrogens is 447 g/mol. The van der Waals surface area contributed by atoms with Gasteiger partial charge in [-0.3, -0.25) is 9.89 Å². The fourth-order valence-corrected chi connectivity index (χ4v) is 2.97. The van der Waals surface area contributed by atoms with E-state index >= 15 is 0 Å². The molecule has 0 bridgehead atoms. The number of ether oxygens (including phenoxy) is 3. The molecule has 148 valence electrons. The average Bonchev–Trinajstić information content (AvgIpc) is 3.07. The number of rotatable bonds is 8. The molecule has 2 rings (SSSR count). The Balaban J connectivity index is 0.00000338. The molecule has 1 heterocycles. The summed E-state index contributed by atoms with van der Waals surface area (Å²) in [5, 5.41) is 6.73. The molecule has 1 aromatic rings. The first-order valence-corrected chi connectivity index (χ1v) is 8.59. The number of aliphatic imine (C=N–C) groups is 1. The largest absolute Gasteiger partial charge is 0.497 e. The topological polar surface area (TPSA) is 67.4 Å². The lowest BCUT2D eigenvalue weighted by Gasteiger charge is -2.19. The van der Waals surface area contributed by atoms with Gasteiger partial charge in [-0.25, -0.2) is 0 Å². The van der Waals surface area contributed by atoms with E-state index < -0.39 is 0 Å². The molecule has 7 nitrogen and oxygen atoms in total. The molecule has 0 spiro atoms. The van der Waals surface area contributed by atoms with Gasteiger partial charge in [-0.15, -0.1) is 24.0 Å². The molecule has 0 saturated carbocycles. The third-order valence-corrected chi connectivity index (χ3v) is 4.25. The predicted molar refractivity (Wildman–Crippen MR) is 115 cm³/mol. The Kier molecular flexibility index (Phi) is 10.7. The Hall–Kier alpha value is -1.26. The van der Waals surface area contributed by atoms with Crippen LogP contribution in [-0.4, -0.2) is 71.5 Å². The van der Waals surface area contributed by atoms with Crippen molar-refractivity contribution in [3.63, 3.8) is 0 Å². The number of halogens is 1. The van der Waals surface area contributed by atoms with Gasteiger partial charge in [0.2, 0.25) is 0 Å². The molecule has 0 aromatic heterocycles. The molecule has 1 saturated heterocycles. The molecule has 1 aromatic carbocycles. The van der Waals surface area contributed by atoms with Gasteiger partial charge in [0.15, 0.2) is 5.96 Å². The van der Waals surface area contributed by atoms with Crippen LogP contribution < -0.4 is 20.1 Å². The van der Waals surface area contributed by atoms with Crippen LogP contribution in [0.25, 0.3) is 0 Å². The monoisotopic (exact) mass is 478 g/mol. The Bertz CT molecular complexity index is 549. The first-order valence-electron chi connectivity index (χ1n) is 8.59. The molecule has 26 heavy (non-hydrogen) atoms. The number of nitrogens with zero attached hydrogens (tertiary/aromatic N) is 2. The third-order valence-electron chi connectivity index (χ3n) is 4.25. The molecule has 1 fully saturated rings. The summed E-state index contributed by atoms with van der Waals surface area (Å²) in [5.74, 6) is 2.48. The lowest BCUT2D eigenvalue weighted by Crippen LogP contribution is -2.45. The highest BCUT2D eigenvalue weighted by Crippen LogP contribution is 2.24. The van der Waals surface area contributed by atoms with Crippen molar-refractivity contribution < 1.29 is 14.2 Å². The van der Waals surface area contributed by atoms with E-state index in [-0.39, 0.29) is 24.0 Å². The molecule has 0 radical (unpaired) electrons. The molecule has 2 N–H and O–H groups in total. The van der Waals surface area contributed by atoms with Gasteiger partial charge in [-0.1, -0.05) is 0 Å². The van der Waals surface area contributed by atoms with E-state index in [1.807, 2.05) is 6.07 Å². The highest BCUT2D eigenvalue weighted by atomic mass is 127. The van der Waals surface area contributed by atoms with Crippen molar-refractivity contribution >= 4 is 29.9 Å². The summed E-state index contributed by atoms with van der Waals surface area (Å²) in [4.78, 5) is 6.69. The summed E-state index contributed by atoms with van der Waals surface area (Å²) >= 11 is 0. The number of hydrogen-bond acceptors (Lipinski definition) is 5. The molecule has 1 unspecified atom stereocenters. The van der Waals surface area contributed by atoms with E-state index in [4.69, 9.17) is 14.2 Å². The molecule has 1 aliphatic rings. The van der Waals surface area contributed by atoms with Crippen LogP contribution in [0.1, 0.15) is 12.0 Å². The van der Waals surface area contributed by atoms with Gasteiger partial charge >= 0.3 is 0 Å². The van der Waals surface area contributed by atoms with Crippen molar-refractivity contribution in [2.24, 2.45) is 4.99 Å². The molecule has 8 heteroatoms. The van der Waals surface area contributed by atoms with Crippen LogP contribution >= 0.6 is 24.0 Å². The Labute approximate surface area is 173 Å². The number of benzene rings is 1. The van der Waals surface area contributed by atoms with Crippen LogP contribution in [0.2, 0.25) is 0 Å². The lowest BCUT2D eigenvalue weighted by molar-refractivity contribution is 0.203. The average molecular weight is 478 g/mol. The van der Waals surface area contributed by atoms with Gasteiger partial charge in [-0.05, 0) is 24.1 Å². The number of methoxy groups -OCH3 is 3. The zero-order chi connectivity index (χ0) is 18.1. The number of nitrogens with one attached hydrogen (secondary N) is 2. The van der Waals surface area contributed by atoms with Gasteiger partial charge in [0, 0.05) is 52.4 Å². The van der Waals surface area contributed by atoms with Gasteiger partial charge < -0.3 is 24.8 Å². The lowest BCUT2D eigenvalue weighted by atomic mass is 10.2. The summed E-state index contributed by atoms with van der Waals surface area (Å²) in [6.07, 6.45) is 1.09. The van der Waals surface area contributed by atoms with Crippen molar-refractivity contribution in [3.05, 3.63) is 23.8 Å². The fourth-order valence-electron chi connectivity index (χ4n) is 2.97. The first-order chi connectivity index (χ1) is 12.2. The maximum atomic E-state index is 5.35. The quantitative estimate of drug-likeness (QED) is 0.257. The zero-order valence-electron chi connectivity index (χ0n) is 16.1. The normalized spacial score (nSPS) is 17.5. The summed E-state index contributed by atoms with van der Waals surface area (Å²) in [5.41, 5.74) is 1.19. The van der Waals surface area contributed by atoms with E-state index in [9.17, 15) is 0 Å². The number of likely N-dealkylation sites (tertiary alicyclic amines) is 1. The highest BCUT2D eigenvalue weighted by Gasteiger charge is 2.23. The Morgan fingerprint density at radius 3 is 2.46 bits per heavy atom. The van der Waals surface area contributed by atoms with Crippen molar-refractivity contribution in [1.29, 1.82) is 0 Å². The van der Waals surface area contributed by atoms with Gasteiger partial charge in [0.05, 0.1) is 20.8 Å². The van der Waals surface area contributed by atoms with Crippen LogP contribution in [0.3, 0.4) is 0 Å². The summed E-state index contributed by atoms with van der Waals surface area (Å²) in [7, 11) is 6.84. The highest BCUT2D eigenvalue weighted by molar-refractivity contribution is 14.0. The minimum atomic E-state index is 0. The number of guanidine groups is 1. The number of hydrogen-bond donors (Lipinski definition) is 2. The maximum Gasteiger partial charge on any atom is 0.191 e. The molecule has 1 aliphatic heterocycles. The maximum absolute atomic E-state index is 5.35. The van der Waals surface area contributed by atoms with Gasteiger partial charge in [0.25, 0.3) is 0 Å². The smallest absolute Gasteiger partial charge is 0.191 e. The zero-order valence-corrected chi connectivity index (χ0v) is 18.4. The summed E-state index contributed by atoms with van der Waals surface area (Å²) in [6.45, 7) is 4.31. The SMILES string of the molecule is CN=C(NCCOC)NC1CCN(Cc2cc(OC)cc(OC)c2)C1.I. The molecule has 1 atom stereocenters. The second-order valence-corrected chi connectivity index (χ2v) is 6.08.